The summed E-state index contributed by atoms with van der Waals surface area (Å²) in [5, 5.41) is 17.6. The highest BCUT2D eigenvalue weighted by Gasteiger charge is 2.40. The number of fused-ring (bicyclic) bond motifs is 1. The molecule has 1 heterocycles. The van der Waals surface area contributed by atoms with Gasteiger partial charge in [0.1, 0.15) is 17.1 Å². The molecular weight excluding hydrogens is 409 g/mol. The molecule has 1 fully saturated rings. The van der Waals surface area contributed by atoms with E-state index in [1.165, 1.54) is 12.1 Å². The number of nitrogens with one attached hydrogen (secondary N) is 2. The molecule has 1 amide bonds. The molecule has 1 aliphatic rings. The van der Waals surface area contributed by atoms with Crippen molar-refractivity contribution in [2.45, 2.75) is 24.7 Å². The zero-order valence-corrected chi connectivity index (χ0v) is 16.7. The number of halogens is 3. The van der Waals surface area contributed by atoms with E-state index in [9.17, 15) is 23.1 Å². The number of benzene rings is 3. The molecule has 0 saturated carbocycles. The largest absolute Gasteiger partial charge is 0.457 e. The first-order chi connectivity index (χ1) is 14.7. The van der Waals surface area contributed by atoms with Gasteiger partial charge in [-0.1, -0.05) is 12.1 Å². The van der Waals surface area contributed by atoms with Gasteiger partial charge in [0, 0.05) is 24.0 Å². The van der Waals surface area contributed by atoms with Crippen molar-refractivity contribution in [1.29, 1.82) is 0 Å². The molecule has 1 atom stereocenters. The molecule has 8 heteroatoms. The molecular formula is C23H21F3N2O3. The molecule has 0 spiro atoms. The number of aliphatic hydroxyl groups is 1. The molecule has 5 nitrogen and oxygen atoms in total. The number of carbonyl (C=O) groups excluding carboxylic acids is 1. The molecule has 3 N–H and O–H groups in total. The molecule has 162 valence electrons. The summed E-state index contributed by atoms with van der Waals surface area (Å²) >= 11 is 0. The van der Waals surface area contributed by atoms with Crippen LogP contribution in [0.4, 0.5) is 13.2 Å². The molecule has 0 radical (unpaired) electrons. The molecule has 3 aromatic carbocycles. The van der Waals surface area contributed by atoms with Gasteiger partial charge in [0.05, 0.1) is 11.6 Å². The van der Waals surface area contributed by atoms with Crippen LogP contribution in [0.15, 0.2) is 60.7 Å². The van der Waals surface area contributed by atoms with Crippen LogP contribution in [0.5, 0.6) is 11.5 Å². The first-order valence-electron chi connectivity index (χ1n) is 9.78. The number of hydrogen-bond donors (Lipinski definition) is 3. The maximum Gasteiger partial charge on any atom is 0.416 e. The number of ether oxygens (including phenoxy) is 1. The fourth-order valence-electron chi connectivity index (χ4n) is 3.42. The van der Waals surface area contributed by atoms with Crippen LogP contribution in [-0.4, -0.2) is 35.7 Å². The number of hydrogen-bond acceptors (Lipinski definition) is 4. The van der Waals surface area contributed by atoms with Gasteiger partial charge >= 0.3 is 6.18 Å². The van der Waals surface area contributed by atoms with E-state index in [2.05, 4.69) is 10.6 Å². The zero-order valence-electron chi connectivity index (χ0n) is 16.7. The quantitative estimate of drug-likeness (QED) is 0.570. The SMILES string of the molecule is C[C@H](NC(=O)c1ccc2c(Oc3ccc(C(F)(F)F)cc3)cccc2c1)C1(O)CNC1. The molecule has 1 saturated heterocycles. The molecule has 0 unspecified atom stereocenters. The lowest BCUT2D eigenvalue weighted by Gasteiger charge is -2.42. The Morgan fingerprint density at radius 3 is 2.45 bits per heavy atom. The standard InChI is InChI=1S/C23H21F3N2O3/c1-14(22(30)12-27-13-22)28-21(29)16-5-10-19-15(11-16)3-2-4-20(19)31-18-8-6-17(7-9-18)23(24,25)26/h2-11,14,27,30H,12-13H2,1H3,(H,28,29)/t14-/m0/s1. The van der Waals surface area contributed by atoms with Crippen molar-refractivity contribution in [2.75, 3.05) is 13.1 Å². The molecule has 1 aliphatic heterocycles. The van der Waals surface area contributed by atoms with Crippen LogP contribution in [0.3, 0.4) is 0 Å². The smallest absolute Gasteiger partial charge is 0.416 e. The van der Waals surface area contributed by atoms with E-state index in [1.807, 2.05) is 6.07 Å². The minimum absolute atomic E-state index is 0.276. The Hall–Kier alpha value is -3.10. The van der Waals surface area contributed by atoms with Gasteiger partial charge in [0.25, 0.3) is 5.91 Å². The molecule has 0 bridgehead atoms. The predicted octanol–water partition coefficient (Wildman–Crippen LogP) is 4.10. The predicted molar refractivity (Wildman–Crippen MR) is 110 cm³/mol. The fourth-order valence-corrected chi connectivity index (χ4v) is 3.42. The van der Waals surface area contributed by atoms with Crippen LogP contribution in [0, 0.1) is 0 Å². The summed E-state index contributed by atoms with van der Waals surface area (Å²) in [5.74, 6) is 0.440. The van der Waals surface area contributed by atoms with E-state index in [0.717, 1.165) is 17.5 Å². The third-order valence-corrected chi connectivity index (χ3v) is 5.53. The summed E-state index contributed by atoms with van der Waals surface area (Å²) in [6.45, 7) is 2.61. The van der Waals surface area contributed by atoms with Crippen LogP contribution >= 0.6 is 0 Å². The van der Waals surface area contributed by atoms with Gasteiger partial charge in [-0.25, -0.2) is 0 Å². The molecule has 0 aromatic heterocycles. The Labute approximate surface area is 176 Å². The summed E-state index contributed by atoms with van der Waals surface area (Å²) in [4.78, 5) is 12.6. The van der Waals surface area contributed by atoms with Crippen molar-refractivity contribution in [3.63, 3.8) is 0 Å². The van der Waals surface area contributed by atoms with E-state index in [-0.39, 0.29) is 11.7 Å². The summed E-state index contributed by atoms with van der Waals surface area (Å²) in [6.07, 6.45) is -4.41. The Bertz CT molecular complexity index is 1110. The van der Waals surface area contributed by atoms with Gasteiger partial charge in [0.2, 0.25) is 0 Å². The highest BCUT2D eigenvalue weighted by molar-refractivity contribution is 6.00. The number of alkyl halides is 3. The summed E-state index contributed by atoms with van der Waals surface area (Å²) in [6, 6.07) is 14.4. The molecule has 4 rings (SSSR count). The maximum absolute atomic E-state index is 12.7. The van der Waals surface area contributed by atoms with Gasteiger partial charge < -0.3 is 20.5 Å². The third kappa shape index (κ3) is 4.35. The summed E-state index contributed by atoms with van der Waals surface area (Å²) in [7, 11) is 0. The number of amides is 1. The highest BCUT2D eigenvalue weighted by Crippen LogP contribution is 2.33. The lowest BCUT2D eigenvalue weighted by atomic mass is 9.89. The molecule has 31 heavy (non-hydrogen) atoms. The second-order valence-corrected chi connectivity index (χ2v) is 7.72. The average Bonchev–Trinajstić information content (AvgIpc) is 2.71. The van der Waals surface area contributed by atoms with E-state index >= 15 is 0 Å². The van der Waals surface area contributed by atoms with E-state index < -0.39 is 23.4 Å². The third-order valence-electron chi connectivity index (χ3n) is 5.53. The Morgan fingerprint density at radius 2 is 1.84 bits per heavy atom. The normalized spacial score (nSPS) is 16.4. The Balaban J connectivity index is 1.53. The maximum atomic E-state index is 12.7. The van der Waals surface area contributed by atoms with Crippen LogP contribution in [-0.2, 0) is 6.18 Å². The number of carbonyl (C=O) groups is 1. The van der Waals surface area contributed by atoms with Gasteiger partial charge in [-0.15, -0.1) is 0 Å². The lowest BCUT2D eigenvalue weighted by molar-refractivity contribution is -0.137. The molecule has 3 aromatic rings. The van der Waals surface area contributed by atoms with E-state index in [4.69, 9.17) is 4.74 Å². The minimum atomic E-state index is -4.41. The average molecular weight is 430 g/mol. The van der Waals surface area contributed by atoms with Gasteiger partial charge in [-0.2, -0.15) is 13.2 Å². The first kappa shape index (κ1) is 21.1. The second-order valence-electron chi connectivity index (χ2n) is 7.72. The lowest BCUT2D eigenvalue weighted by Crippen LogP contribution is -2.68. The van der Waals surface area contributed by atoms with Crippen molar-refractivity contribution in [3.8, 4) is 11.5 Å². The van der Waals surface area contributed by atoms with Crippen LogP contribution in [0.2, 0.25) is 0 Å². The fraction of sp³-hybridized carbons (Fsp3) is 0.261. The van der Waals surface area contributed by atoms with Gasteiger partial charge in [0.15, 0.2) is 0 Å². The van der Waals surface area contributed by atoms with Gasteiger partial charge in [-0.3, -0.25) is 4.79 Å². The monoisotopic (exact) mass is 430 g/mol. The van der Waals surface area contributed by atoms with Crippen LogP contribution in [0.25, 0.3) is 10.8 Å². The topological polar surface area (TPSA) is 70.6 Å². The van der Waals surface area contributed by atoms with Crippen LogP contribution < -0.4 is 15.4 Å². The van der Waals surface area contributed by atoms with E-state index in [0.29, 0.717) is 29.8 Å². The minimum Gasteiger partial charge on any atom is -0.457 e. The van der Waals surface area contributed by atoms with Crippen LogP contribution in [0.1, 0.15) is 22.8 Å². The van der Waals surface area contributed by atoms with E-state index in [1.54, 1.807) is 37.3 Å². The zero-order chi connectivity index (χ0) is 22.2. The Morgan fingerprint density at radius 1 is 1.13 bits per heavy atom. The van der Waals surface area contributed by atoms with Crippen molar-refractivity contribution in [2.24, 2.45) is 0 Å². The summed E-state index contributed by atoms with van der Waals surface area (Å²) in [5.41, 5.74) is -1.26. The van der Waals surface area contributed by atoms with Crippen molar-refractivity contribution < 1.29 is 27.8 Å². The second kappa shape index (κ2) is 7.86. The van der Waals surface area contributed by atoms with Crippen molar-refractivity contribution in [3.05, 3.63) is 71.8 Å². The first-order valence-corrected chi connectivity index (χ1v) is 9.78. The number of β-amino-alcohol motifs (C(OH)–C–C–N with tert-alkyl or cyclic N) is 1. The molecule has 0 aliphatic carbocycles. The number of rotatable bonds is 5. The highest BCUT2D eigenvalue weighted by atomic mass is 19.4. The Kier molecular flexibility index (Phi) is 5.36. The van der Waals surface area contributed by atoms with Gasteiger partial charge in [-0.05, 0) is 60.8 Å². The van der Waals surface area contributed by atoms with Crippen molar-refractivity contribution in [1.82, 2.24) is 10.6 Å². The summed E-state index contributed by atoms with van der Waals surface area (Å²) < 4.78 is 44.0. The van der Waals surface area contributed by atoms with Crippen molar-refractivity contribution >= 4 is 16.7 Å².